The zero-order valence-corrected chi connectivity index (χ0v) is 19.6. The van der Waals surface area contributed by atoms with Gasteiger partial charge in [-0.1, -0.05) is 40.0 Å². The second kappa shape index (κ2) is 12.4. The molecule has 1 aliphatic rings. The Bertz CT molecular complexity index is 680. The highest BCUT2D eigenvalue weighted by molar-refractivity contribution is 5.91. The third kappa shape index (κ3) is 6.22. The fourth-order valence-electron chi connectivity index (χ4n) is 3.94. The van der Waals surface area contributed by atoms with Crippen molar-refractivity contribution in [2.24, 2.45) is 5.73 Å². The third-order valence-electron chi connectivity index (χ3n) is 5.84. The van der Waals surface area contributed by atoms with Crippen LogP contribution in [-0.4, -0.2) is 54.8 Å². The first kappa shape index (κ1) is 25.6. The van der Waals surface area contributed by atoms with E-state index in [1.54, 1.807) is 12.1 Å². The predicted molar refractivity (Wildman–Crippen MR) is 120 cm³/mol. The number of ether oxygens (including phenoxy) is 4. The maximum Gasteiger partial charge on any atom is 0.267 e. The number of hydrogen-bond acceptors (Lipinski definition) is 6. The van der Waals surface area contributed by atoms with E-state index in [4.69, 9.17) is 30.5 Å². The fourth-order valence-corrected chi connectivity index (χ4v) is 3.94. The number of hydrogen-bond donors (Lipinski definition) is 2. The lowest BCUT2D eigenvalue weighted by atomic mass is 9.90. The van der Waals surface area contributed by atoms with Crippen molar-refractivity contribution in [2.45, 2.75) is 90.1 Å². The van der Waals surface area contributed by atoms with Gasteiger partial charge in [0.1, 0.15) is 29.6 Å². The molecule has 0 spiro atoms. The predicted octanol–water partition coefficient (Wildman–Crippen LogP) is 3.32. The largest absolute Gasteiger partial charge is 0.379 e. The van der Waals surface area contributed by atoms with Gasteiger partial charge in [-0.2, -0.15) is 0 Å². The first-order valence-corrected chi connectivity index (χ1v) is 11.7. The molecule has 1 amide bonds. The van der Waals surface area contributed by atoms with Crippen molar-refractivity contribution >= 4 is 5.91 Å². The molecular formula is C23H41N3O5. The zero-order chi connectivity index (χ0) is 22.9. The van der Waals surface area contributed by atoms with E-state index < -0.39 is 17.6 Å². The highest BCUT2D eigenvalue weighted by Gasteiger charge is 2.57. The van der Waals surface area contributed by atoms with Gasteiger partial charge in [0, 0.05) is 19.8 Å². The Morgan fingerprint density at radius 3 is 2.35 bits per heavy atom. The van der Waals surface area contributed by atoms with Crippen LogP contribution in [0.4, 0.5) is 0 Å². The Labute approximate surface area is 186 Å². The minimum Gasteiger partial charge on any atom is -0.379 e. The molecule has 0 bridgehead atoms. The molecule has 2 rings (SSSR count). The number of nitrogen functional groups attached to an aromatic ring is 1. The molecule has 0 radical (unpaired) electrons. The average Bonchev–Trinajstić information content (AvgIpc) is 3.24. The van der Waals surface area contributed by atoms with Crippen LogP contribution < -0.4 is 11.6 Å². The van der Waals surface area contributed by atoms with E-state index in [0.717, 1.165) is 38.5 Å². The van der Waals surface area contributed by atoms with Crippen LogP contribution in [-0.2, 0) is 18.9 Å². The monoisotopic (exact) mass is 439 g/mol. The summed E-state index contributed by atoms with van der Waals surface area (Å²) in [7, 11) is 0. The van der Waals surface area contributed by atoms with Gasteiger partial charge in [0.15, 0.2) is 0 Å². The third-order valence-corrected chi connectivity index (χ3v) is 5.84. The molecule has 1 aromatic heterocycles. The van der Waals surface area contributed by atoms with Crippen molar-refractivity contribution in [1.82, 2.24) is 4.68 Å². The Hall–Kier alpha value is -1.61. The molecule has 4 atom stereocenters. The maximum atomic E-state index is 11.7. The highest BCUT2D eigenvalue weighted by atomic mass is 16.6. The number of carbonyl (C=O) groups excluding carboxylic acids is 1. The summed E-state index contributed by atoms with van der Waals surface area (Å²) in [4.78, 5) is 11.7. The summed E-state index contributed by atoms with van der Waals surface area (Å²) >= 11 is 0. The fraction of sp³-hybridized carbons (Fsp3) is 0.783. The van der Waals surface area contributed by atoms with E-state index in [0.29, 0.717) is 32.1 Å². The van der Waals surface area contributed by atoms with Crippen LogP contribution >= 0.6 is 0 Å². The quantitative estimate of drug-likeness (QED) is 0.320. The van der Waals surface area contributed by atoms with Gasteiger partial charge in [-0.25, -0.2) is 0 Å². The summed E-state index contributed by atoms with van der Waals surface area (Å²) in [5.74, 6) is 5.63. The molecule has 1 fully saturated rings. The molecule has 0 saturated carbocycles. The Kier molecular flexibility index (Phi) is 10.3. The van der Waals surface area contributed by atoms with Gasteiger partial charge in [0.05, 0.1) is 12.3 Å². The zero-order valence-electron chi connectivity index (χ0n) is 19.6. The summed E-state index contributed by atoms with van der Waals surface area (Å²) in [6, 6.07) is 3.39. The first-order valence-electron chi connectivity index (χ1n) is 11.7. The standard InChI is InChI=1S/C23H41N3O5/c1-5-8-13-28-16-19-21(29-14-9-6-2)23(4,30-15-10-7-3)20(31-19)17-11-12-18(22(24)27)26(17)25/h11-12,19-21H,5-10,13-16,25H2,1-4H3,(H2,24,27)/t19-,20+,21-,23+/m1/s1. The summed E-state index contributed by atoms with van der Waals surface area (Å²) < 4.78 is 26.4. The molecule has 0 aromatic carbocycles. The van der Waals surface area contributed by atoms with Crippen LogP contribution in [0, 0.1) is 0 Å². The molecule has 4 N–H and O–H groups in total. The molecule has 1 saturated heterocycles. The minimum absolute atomic E-state index is 0.223. The van der Waals surface area contributed by atoms with E-state index in [2.05, 4.69) is 20.8 Å². The summed E-state index contributed by atoms with van der Waals surface area (Å²) in [6.07, 6.45) is 4.85. The molecule has 1 aliphatic heterocycles. The highest BCUT2D eigenvalue weighted by Crippen LogP contribution is 2.46. The van der Waals surface area contributed by atoms with Crippen LogP contribution in [0.15, 0.2) is 12.1 Å². The second-order valence-corrected chi connectivity index (χ2v) is 8.39. The topological polar surface area (TPSA) is 111 Å². The van der Waals surface area contributed by atoms with Crippen molar-refractivity contribution in [1.29, 1.82) is 0 Å². The van der Waals surface area contributed by atoms with Gasteiger partial charge in [-0.15, -0.1) is 0 Å². The normalized spacial score (nSPS) is 25.9. The molecule has 8 heteroatoms. The first-order chi connectivity index (χ1) is 14.9. The van der Waals surface area contributed by atoms with Gasteiger partial charge in [0.2, 0.25) is 0 Å². The summed E-state index contributed by atoms with van der Waals surface area (Å²) in [6.45, 7) is 10.7. The van der Waals surface area contributed by atoms with Crippen LogP contribution in [0.25, 0.3) is 0 Å². The van der Waals surface area contributed by atoms with Gasteiger partial charge < -0.3 is 30.5 Å². The molecule has 0 unspecified atom stereocenters. The number of nitrogens with two attached hydrogens (primary N) is 2. The van der Waals surface area contributed by atoms with Crippen molar-refractivity contribution < 1.29 is 23.7 Å². The lowest BCUT2D eigenvalue weighted by molar-refractivity contribution is -0.138. The lowest BCUT2D eigenvalue weighted by Crippen LogP contribution is -2.48. The number of primary amides is 1. The molecule has 2 heterocycles. The minimum atomic E-state index is -0.786. The molecule has 8 nitrogen and oxygen atoms in total. The number of unbranched alkanes of at least 4 members (excludes halogenated alkanes) is 3. The SMILES string of the molecule is CCCCOC[C@H]1O[C@@H](c2ccc(C(N)=O)n2N)[C@](C)(OCCCC)[C@@H]1OCCCC. The smallest absolute Gasteiger partial charge is 0.267 e. The van der Waals surface area contributed by atoms with Crippen molar-refractivity contribution in [2.75, 3.05) is 32.3 Å². The number of nitrogens with zero attached hydrogens (tertiary/aromatic N) is 1. The second-order valence-electron chi connectivity index (χ2n) is 8.39. The van der Waals surface area contributed by atoms with Crippen LogP contribution in [0.5, 0.6) is 0 Å². The Balaban J connectivity index is 2.34. The Morgan fingerprint density at radius 1 is 1.10 bits per heavy atom. The van der Waals surface area contributed by atoms with Crippen LogP contribution in [0.1, 0.15) is 88.5 Å². The summed E-state index contributed by atoms with van der Waals surface area (Å²) in [5, 5.41) is 0. The average molecular weight is 440 g/mol. The molecule has 0 aliphatic carbocycles. The Morgan fingerprint density at radius 2 is 1.74 bits per heavy atom. The molecule has 1 aromatic rings. The van der Waals surface area contributed by atoms with Crippen molar-refractivity contribution in [3.05, 3.63) is 23.5 Å². The van der Waals surface area contributed by atoms with Crippen LogP contribution in [0.3, 0.4) is 0 Å². The van der Waals surface area contributed by atoms with Crippen molar-refractivity contribution in [3.63, 3.8) is 0 Å². The maximum absolute atomic E-state index is 11.7. The number of amides is 1. The number of carbonyl (C=O) groups is 1. The number of aromatic nitrogens is 1. The van der Waals surface area contributed by atoms with Gasteiger partial charge in [-0.3, -0.25) is 9.47 Å². The van der Waals surface area contributed by atoms with Crippen LogP contribution in [0.2, 0.25) is 0 Å². The van der Waals surface area contributed by atoms with E-state index in [9.17, 15) is 4.79 Å². The number of rotatable bonds is 15. The van der Waals surface area contributed by atoms with E-state index in [-0.39, 0.29) is 17.9 Å². The van der Waals surface area contributed by atoms with Gasteiger partial charge in [0.25, 0.3) is 5.91 Å². The lowest BCUT2D eigenvalue weighted by Gasteiger charge is -2.35. The molecule has 31 heavy (non-hydrogen) atoms. The summed E-state index contributed by atoms with van der Waals surface area (Å²) in [5.41, 5.74) is 5.54. The van der Waals surface area contributed by atoms with E-state index >= 15 is 0 Å². The van der Waals surface area contributed by atoms with E-state index in [1.807, 2.05) is 6.92 Å². The van der Waals surface area contributed by atoms with Gasteiger partial charge >= 0.3 is 0 Å². The van der Waals surface area contributed by atoms with Gasteiger partial charge in [-0.05, 0) is 38.3 Å². The van der Waals surface area contributed by atoms with Crippen molar-refractivity contribution in [3.8, 4) is 0 Å². The molecular weight excluding hydrogens is 398 g/mol. The van der Waals surface area contributed by atoms with E-state index in [1.165, 1.54) is 4.68 Å². The molecule has 178 valence electrons.